The van der Waals surface area contributed by atoms with Gasteiger partial charge in [-0.1, -0.05) is 0 Å². The zero-order valence-corrected chi connectivity index (χ0v) is 17.0. The van der Waals surface area contributed by atoms with Gasteiger partial charge in [0.15, 0.2) is 11.5 Å². The SMILES string of the molecule is COC(=O)c1sccc1Nc1ncnc(Nc2cc(OC)c(OC)c(OC)c2)n1. The number of hydrogen-bond donors (Lipinski definition) is 2. The molecular formula is C18H19N5O5S. The van der Waals surface area contributed by atoms with Crippen molar-refractivity contribution in [1.29, 1.82) is 0 Å². The first-order valence-electron chi connectivity index (χ1n) is 8.28. The molecule has 0 aliphatic carbocycles. The monoisotopic (exact) mass is 417 g/mol. The summed E-state index contributed by atoms with van der Waals surface area (Å²) in [5.41, 5.74) is 1.18. The van der Waals surface area contributed by atoms with Crippen molar-refractivity contribution < 1.29 is 23.7 Å². The minimum absolute atomic E-state index is 0.262. The third-order valence-electron chi connectivity index (χ3n) is 3.78. The molecule has 0 atom stereocenters. The van der Waals surface area contributed by atoms with Crippen LogP contribution in [-0.4, -0.2) is 49.4 Å². The van der Waals surface area contributed by atoms with Gasteiger partial charge in [-0.3, -0.25) is 0 Å². The van der Waals surface area contributed by atoms with Gasteiger partial charge in [0.1, 0.15) is 11.2 Å². The molecular weight excluding hydrogens is 398 g/mol. The third-order valence-corrected chi connectivity index (χ3v) is 4.67. The van der Waals surface area contributed by atoms with Crippen molar-refractivity contribution in [2.45, 2.75) is 0 Å². The van der Waals surface area contributed by atoms with E-state index in [0.29, 0.717) is 33.5 Å². The average Bonchev–Trinajstić information content (AvgIpc) is 3.20. The molecule has 3 rings (SSSR count). The van der Waals surface area contributed by atoms with E-state index < -0.39 is 5.97 Å². The third kappa shape index (κ3) is 4.46. The summed E-state index contributed by atoms with van der Waals surface area (Å²) in [5.74, 6) is 1.56. The van der Waals surface area contributed by atoms with Gasteiger partial charge >= 0.3 is 5.97 Å². The molecule has 1 aromatic carbocycles. The van der Waals surface area contributed by atoms with Gasteiger partial charge in [0.2, 0.25) is 17.6 Å². The van der Waals surface area contributed by atoms with Gasteiger partial charge in [-0.2, -0.15) is 4.98 Å². The number of thiophene rings is 1. The number of anilines is 4. The van der Waals surface area contributed by atoms with Crippen molar-refractivity contribution in [3.8, 4) is 17.2 Å². The summed E-state index contributed by atoms with van der Waals surface area (Å²) < 4.78 is 20.8. The Balaban J connectivity index is 1.84. The normalized spacial score (nSPS) is 10.2. The minimum atomic E-state index is -0.438. The summed E-state index contributed by atoms with van der Waals surface area (Å²) in [6, 6.07) is 5.20. The Hall–Kier alpha value is -3.60. The van der Waals surface area contributed by atoms with Crippen molar-refractivity contribution in [3.05, 3.63) is 34.8 Å². The molecule has 0 amide bonds. The zero-order valence-electron chi connectivity index (χ0n) is 16.2. The van der Waals surface area contributed by atoms with Crippen LogP contribution in [-0.2, 0) is 4.74 Å². The summed E-state index contributed by atoms with van der Waals surface area (Å²) in [7, 11) is 5.93. The molecule has 0 aliphatic rings. The molecule has 3 aromatic rings. The van der Waals surface area contributed by atoms with E-state index in [1.54, 1.807) is 23.6 Å². The summed E-state index contributed by atoms with van der Waals surface area (Å²) in [5, 5.41) is 7.83. The molecule has 11 heteroatoms. The Morgan fingerprint density at radius 2 is 1.62 bits per heavy atom. The van der Waals surface area contributed by atoms with Gasteiger partial charge < -0.3 is 29.6 Å². The molecule has 0 saturated heterocycles. The molecule has 2 N–H and O–H groups in total. The number of carbonyl (C=O) groups excluding carboxylic acids is 1. The first-order valence-corrected chi connectivity index (χ1v) is 9.16. The molecule has 0 saturated carbocycles. The lowest BCUT2D eigenvalue weighted by Gasteiger charge is -2.14. The van der Waals surface area contributed by atoms with E-state index in [4.69, 9.17) is 18.9 Å². The number of aromatic nitrogens is 3. The number of methoxy groups -OCH3 is 4. The standard InChI is InChI=1S/C18H19N5O5S/c1-25-12-7-10(8-13(26-2)14(12)27-3)21-17-19-9-20-18(23-17)22-11-5-6-29-15(11)16(24)28-4/h5-9H,1-4H3,(H2,19,20,21,22,23). The smallest absolute Gasteiger partial charge is 0.350 e. The Bertz CT molecular complexity index is 985. The fourth-order valence-electron chi connectivity index (χ4n) is 2.48. The van der Waals surface area contributed by atoms with Crippen LogP contribution in [0.3, 0.4) is 0 Å². The number of rotatable bonds is 8. The van der Waals surface area contributed by atoms with Crippen LogP contribution in [0.2, 0.25) is 0 Å². The maximum Gasteiger partial charge on any atom is 0.350 e. The molecule has 10 nitrogen and oxygen atoms in total. The molecule has 2 aromatic heterocycles. The maximum atomic E-state index is 11.8. The quantitative estimate of drug-likeness (QED) is 0.529. The predicted octanol–water partition coefficient (Wildman–Crippen LogP) is 3.23. The van der Waals surface area contributed by atoms with Crippen LogP contribution < -0.4 is 24.8 Å². The largest absolute Gasteiger partial charge is 0.493 e. The van der Waals surface area contributed by atoms with Gasteiger partial charge in [-0.05, 0) is 11.4 Å². The van der Waals surface area contributed by atoms with Crippen molar-refractivity contribution >= 4 is 40.6 Å². The fourth-order valence-corrected chi connectivity index (χ4v) is 3.24. The highest BCUT2D eigenvalue weighted by atomic mass is 32.1. The Morgan fingerprint density at radius 3 is 2.21 bits per heavy atom. The Kier molecular flexibility index (Phi) is 6.29. The van der Waals surface area contributed by atoms with Crippen LogP contribution >= 0.6 is 11.3 Å². The van der Waals surface area contributed by atoms with Crippen molar-refractivity contribution in [2.24, 2.45) is 0 Å². The van der Waals surface area contributed by atoms with Crippen molar-refractivity contribution in [2.75, 3.05) is 39.1 Å². The highest BCUT2D eigenvalue weighted by Crippen LogP contribution is 2.40. The van der Waals surface area contributed by atoms with E-state index in [1.807, 2.05) is 0 Å². The number of benzene rings is 1. The van der Waals surface area contributed by atoms with Crippen molar-refractivity contribution in [3.63, 3.8) is 0 Å². The lowest BCUT2D eigenvalue weighted by atomic mass is 10.2. The van der Waals surface area contributed by atoms with Gasteiger partial charge in [0.25, 0.3) is 0 Å². The highest BCUT2D eigenvalue weighted by molar-refractivity contribution is 7.12. The summed E-state index contributed by atoms with van der Waals surface area (Å²) in [4.78, 5) is 24.8. The minimum Gasteiger partial charge on any atom is -0.493 e. The van der Waals surface area contributed by atoms with E-state index in [9.17, 15) is 4.79 Å². The summed E-state index contributed by atoms with van der Waals surface area (Å²) in [6.07, 6.45) is 1.35. The first kappa shape index (κ1) is 20.1. The topological polar surface area (TPSA) is 117 Å². The average molecular weight is 417 g/mol. The first-order chi connectivity index (χ1) is 14.1. The molecule has 0 spiro atoms. The van der Waals surface area contributed by atoms with Crippen LogP contribution in [0.15, 0.2) is 29.9 Å². The highest BCUT2D eigenvalue weighted by Gasteiger charge is 2.16. The maximum absolute atomic E-state index is 11.8. The van der Waals surface area contributed by atoms with Crippen LogP contribution in [0.25, 0.3) is 0 Å². The number of carbonyl (C=O) groups is 1. The second kappa shape index (κ2) is 9.06. The van der Waals surface area contributed by atoms with Crippen LogP contribution in [0.5, 0.6) is 17.2 Å². The summed E-state index contributed by atoms with van der Waals surface area (Å²) >= 11 is 1.26. The zero-order chi connectivity index (χ0) is 20.8. The molecule has 0 fully saturated rings. The van der Waals surface area contributed by atoms with E-state index in [1.165, 1.54) is 46.1 Å². The van der Waals surface area contributed by atoms with Gasteiger partial charge in [-0.15, -0.1) is 11.3 Å². The predicted molar refractivity (Wildman–Crippen MR) is 108 cm³/mol. The molecule has 0 aliphatic heterocycles. The lowest BCUT2D eigenvalue weighted by molar-refractivity contribution is 0.0607. The molecule has 0 radical (unpaired) electrons. The molecule has 2 heterocycles. The van der Waals surface area contributed by atoms with E-state index in [2.05, 4.69) is 25.6 Å². The fraction of sp³-hybridized carbons (Fsp3) is 0.222. The number of nitrogens with zero attached hydrogens (tertiary/aromatic N) is 3. The number of esters is 1. The summed E-state index contributed by atoms with van der Waals surface area (Å²) in [6.45, 7) is 0. The number of nitrogens with one attached hydrogen (secondary N) is 2. The number of hydrogen-bond acceptors (Lipinski definition) is 11. The Labute approximate surface area is 170 Å². The van der Waals surface area contributed by atoms with Crippen LogP contribution in [0.4, 0.5) is 23.3 Å². The molecule has 0 unspecified atom stereocenters. The van der Waals surface area contributed by atoms with Crippen LogP contribution in [0.1, 0.15) is 9.67 Å². The van der Waals surface area contributed by atoms with E-state index in [0.717, 1.165) is 0 Å². The second-order valence-corrected chi connectivity index (χ2v) is 6.37. The van der Waals surface area contributed by atoms with Gasteiger partial charge in [0.05, 0.1) is 34.1 Å². The molecule has 0 bridgehead atoms. The van der Waals surface area contributed by atoms with E-state index >= 15 is 0 Å². The molecule has 152 valence electrons. The van der Waals surface area contributed by atoms with Crippen LogP contribution in [0, 0.1) is 0 Å². The number of ether oxygens (including phenoxy) is 4. The van der Waals surface area contributed by atoms with Crippen molar-refractivity contribution in [1.82, 2.24) is 15.0 Å². The van der Waals surface area contributed by atoms with E-state index in [-0.39, 0.29) is 11.9 Å². The second-order valence-electron chi connectivity index (χ2n) is 5.45. The van der Waals surface area contributed by atoms with Gasteiger partial charge in [-0.25, -0.2) is 14.8 Å². The molecule has 29 heavy (non-hydrogen) atoms. The lowest BCUT2D eigenvalue weighted by Crippen LogP contribution is -2.06. The Morgan fingerprint density at radius 1 is 0.966 bits per heavy atom. The van der Waals surface area contributed by atoms with Gasteiger partial charge in [0, 0.05) is 17.8 Å².